The monoisotopic (exact) mass is 276 g/mol. The van der Waals surface area contributed by atoms with Crippen LogP contribution in [0.4, 0.5) is 0 Å². The van der Waals surface area contributed by atoms with Crippen molar-refractivity contribution in [2.45, 2.75) is 25.8 Å². The Hall–Kier alpha value is -0.870. The Morgan fingerprint density at radius 1 is 1.16 bits per heavy atom. The Bertz CT molecular complexity index is 498. The molecule has 5 rings (SSSR count). The molecule has 4 heteroatoms. The molecule has 4 bridgehead atoms. The molecule has 0 spiro atoms. The van der Waals surface area contributed by atoms with E-state index in [4.69, 9.17) is 0 Å². The van der Waals surface area contributed by atoms with Crippen LogP contribution >= 0.6 is 11.3 Å². The van der Waals surface area contributed by atoms with Gasteiger partial charge in [0.15, 0.2) is 0 Å². The Morgan fingerprint density at radius 2 is 2.00 bits per heavy atom. The Labute approximate surface area is 118 Å². The number of nitrogens with zero attached hydrogens (tertiary/aromatic N) is 2. The van der Waals surface area contributed by atoms with E-state index in [9.17, 15) is 4.79 Å². The quantitative estimate of drug-likeness (QED) is 0.785. The predicted octanol–water partition coefficient (Wildman–Crippen LogP) is 2.22. The van der Waals surface area contributed by atoms with E-state index in [1.54, 1.807) is 11.3 Å². The third kappa shape index (κ3) is 2.01. The maximum absolute atomic E-state index is 12.7. The minimum Gasteiger partial charge on any atom is -0.333 e. The minimum absolute atomic E-state index is 0.275. The van der Waals surface area contributed by atoms with Crippen LogP contribution in [0, 0.1) is 18.8 Å². The van der Waals surface area contributed by atoms with Gasteiger partial charge in [0.2, 0.25) is 0 Å². The summed E-state index contributed by atoms with van der Waals surface area (Å²) in [5, 5.41) is 0. The first-order valence-corrected chi connectivity index (χ1v) is 8.10. The number of thiophene rings is 1. The van der Waals surface area contributed by atoms with Crippen LogP contribution in [0.1, 0.15) is 27.4 Å². The maximum Gasteiger partial charge on any atom is 0.264 e. The van der Waals surface area contributed by atoms with Crippen LogP contribution in [0.15, 0.2) is 12.1 Å². The lowest BCUT2D eigenvalue weighted by Gasteiger charge is -2.41. The Kier molecular flexibility index (Phi) is 2.71. The molecular formula is C15H20N2OS. The van der Waals surface area contributed by atoms with Gasteiger partial charge in [-0.2, -0.15) is 0 Å². The number of aryl methyl sites for hydroxylation is 1. The molecule has 4 fully saturated rings. The molecule has 0 N–H and O–H groups in total. The van der Waals surface area contributed by atoms with Crippen molar-refractivity contribution in [1.82, 2.24) is 9.80 Å². The van der Waals surface area contributed by atoms with Crippen LogP contribution in [-0.4, -0.2) is 47.9 Å². The summed E-state index contributed by atoms with van der Waals surface area (Å²) in [4.78, 5) is 19.7. The molecule has 5 heterocycles. The lowest BCUT2D eigenvalue weighted by atomic mass is 9.84. The first-order valence-electron chi connectivity index (χ1n) is 7.29. The molecule has 0 aliphatic carbocycles. The summed E-state index contributed by atoms with van der Waals surface area (Å²) >= 11 is 1.64. The highest BCUT2D eigenvalue weighted by molar-refractivity contribution is 7.13. The van der Waals surface area contributed by atoms with Crippen LogP contribution in [0.5, 0.6) is 0 Å². The van der Waals surface area contributed by atoms with Crippen molar-refractivity contribution < 1.29 is 4.79 Å². The van der Waals surface area contributed by atoms with Gasteiger partial charge >= 0.3 is 0 Å². The summed E-state index contributed by atoms with van der Waals surface area (Å²) in [6, 6.07) is 4.52. The van der Waals surface area contributed by atoms with Crippen molar-refractivity contribution in [1.29, 1.82) is 0 Å². The summed E-state index contributed by atoms with van der Waals surface area (Å²) in [7, 11) is 0. The fourth-order valence-electron chi connectivity index (χ4n) is 4.23. The van der Waals surface area contributed by atoms with Crippen molar-refractivity contribution in [3.05, 3.63) is 21.9 Å². The molecule has 1 aromatic rings. The van der Waals surface area contributed by atoms with Crippen LogP contribution in [-0.2, 0) is 0 Å². The Balaban J connectivity index is 1.62. The van der Waals surface area contributed by atoms with Crippen molar-refractivity contribution in [3.8, 4) is 0 Å². The highest BCUT2D eigenvalue weighted by atomic mass is 32.1. The fourth-order valence-corrected chi connectivity index (χ4v) is 5.05. The molecule has 0 radical (unpaired) electrons. The number of fused-ring (bicyclic) bond motifs is 1. The summed E-state index contributed by atoms with van der Waals surface area (Å²) in [6.07, 6.45) is 2.56. The fraction of sp³-hybridized carbons (Fsp3) is 0.667. The van der Waals surface area contributed by atoms with Crippen LogP contribution in [0.25, 0.3) is 0 Å². The van der Waals surface area contributed by atoms with Gasteiger partial charge in [0, 0.05) is 37.1 Å². The second-order valence-corrected chi connectivity index (χ2v) is 7.73. The standard InChI is InChI=1S/C15H20N2OS/c1-10-2-3-14(19-10)15(18)17-8-12-4-11-5-13(17)9-16(6-11)7-12/h2-3,11-13H,4-9H2,1H3. The van der Waals surface area contributed by atoms with Gasteiger partial charge in [-0.05, 0) is 43.7 Å². The molecule has 4 unspecified atom stereocenters. The van der Waals surface area contributed by atoms with E-state index < -0.39 is 0 Å². The molecule has 4 aliphatic heterocycles. The first kappa shape index (κ1) is 11.9. The van der Waals surface area contributed by atoms with Crippen molar-refractivity contribution in [3.63, 3.8) is 0 Å². The number of hydrogen-bond acceptors (Lipinski definition) is 3. The van der Waals surface area contributed by atoms with Gasteiger partial charge in [-0.15, -0.1) is 11.3 Å². The van der Waals surface area contributed by atoms with E-state index in [0.717, 1.165) is 23.9 Å². The van der Waals surface area contributed by atoms with Gasteiger partial charge < -0.3 is 9.80 Å². The normalized spacial score (nSPS) is 36.6. The number of carbonyl (C=O) groups excluding carboxylic acids is 1. The number of carbonyl (C=O) groups is 1. The lowest BCUT2D eigenvalue weighted by molar-refractivity contribution is 0.0577. The molecule has 4 saturated heterocycles. The van der Waals surface area contributed by atoms with Crippen molar-refractivity contribution in [2.24, 2.45) is 11.8 Å². The van der Waals surface area contributed by atoms with Crippen LogP contribution < -0.4 is 0 Å². The Morgan fingerprint density at radius 3 is 2.74 bits per heavy atom. The molecule has 4 atom stereocenters. The largest absolute Gasteiger partial charge is 0.333 e. The maximum atomic E-state index is 12.7. The summed E-state index contributed by atoms with van der Waals surface area (Å²) < 4.78 is 0. The van der Waals surface area contributed by atoms with E-state index in [-0.39, 0.29) is 5.91 Å². The first-order chi connectivity index (χ1) is 9.19. The van der Waals surface area contributed by atoms with Gasteiger partial charge in [-0.25, -0.2) is 0 Å². The zero-order valence-corrected chi connectivity index (χ0v) is 12.2. The molecule has 0 aromatic carbocycles. The molecule has 19 heavy (non-hydrogen) atoms. The molecule has 3 nitrogen and oxygen atoms in total. The topological polar surface area (TPSA) is 23.6 Å². The lowest BCUT2D eigenvalue weighted by Crippen LogP contribution is -2.50. The zero-order valence-electron chi connectivity index (χ0n) is 11.3. The van der Waals surface area contributed by atoms with E-state index in [1.807, 2.05) is 6.07 Å². The highest BCUT2D eigenvalue weighted by Crippen LogP contribution is 2.37. The molecule has 1 amide bonds. The average Bonchev–Trinajstić information content (AvgIpc) is 2.71. The van der Waals surface area contributed by atoms with Gasteiger partial charge in [0.1, 0.15) is 0 Å². The molecule has 4 aliphatic rings. The average molecular weight is 276 g/mol. The zero-order chi connectivity index (χ0) is 13.0. The van der Waals surface area contributed by atoms with E-state index in [1.165, 1.54) is 30.8 Å². The number of rotatable bonds is 1. The number of amides is 1. The van der Waals surface area contributed by atoms with Gasteiger partial charge in [0.05, 0.1) is 4.88 Å². The van der Waals surface area contributed by atoms with E-state index in [0.29, 0.717) is 12.0 Å². The van der Waals surface area contributed by atoms with Crippen molar-refractivity contribution in [2.75, 3.05) is 26.2 Å². The van der Waals surface area contributed by atoms with Crippen LogP contribution in [0.2, 0.25) is 0 Å². The van der Waals surface area contributed by atoms with E-state index >= 15 is 0 Å². The highest BCUT2D eigenvalue weighted by Gasteiger charge is 2.43. The third-order valence-corrected chi connectivity index (χ3v) is 5.87. The molecule has 1 aromatic heterocycles. The van der Waals surface area contributed by atoms with E-state index in [2.05, 4.69) is 22.8 Å². The third-order valence-electron chi connectivity index (χ3n) is 4.88. The van der Waals surface area contributed by atoms with Gasteiger partial charge in [0.25, 0.3) is 5.91 Å². The number of hydrogen-bond donors (Lipinski definition) is 0. The SMILES string of the molecule is Cc1ccc(C(=O)N2CC3CC4CC2CN(C4)C3)s1. The molecular weight excluding hydrogens is 256 g/mol. The molecule has 0 saturated carbocycles. The predicted molar refractivity (Wildman–Crippen MR) is 76.5 cm³/mol. The van der Waals surface area contributed by atoms with Crippen molar-refractivity contribution >= 4 is 17.2 Å². The second-order valence-electron chi connectivity index (χ2n) is 6.44. The number of piperidine rings is 2. The summed E-state index contributed by atoms with van der Waals surface area (Å²) in [5.74, 6) is 1.81. The second kappa shape index (κ2) is 4.32. The smallest absolute Gasteiger partial charge is 0.264 e. The summed E-state index contributed by atoms with van der Waals surface area (Å²) in [6.45, 7) is 6.63. The summed E-state index contributed by atoms with van der Waals surface area (Å²) in [5.41, 5.74) is 0. The minimum atomic E-state index is 0.275. The van der Waals surface area contributed by atoms with Gasteiger partial charge in [-0.1, -0.05) is 0 Å². The van der Waals surface area contributed by atoms with Gasteiger partial charge in [-0.3, -0.25) is 4.79 Å². The van der Waals surface area contributed by atoms with Crippen LogP contribution in [0.3, 0.4) is 0 Å². The molecule has 102 valence electrons.